The minimum absolute atomic E-state index is 0.111. The third kappa shape index (κ3) is 4.08. The second-order valence-electron chi connectivity index (χ2n) is 6.34. The quantitative estimate of drug-likeness (QED) is 0.450. The predicted molar refractivity (Wildman–Crippen MR) is 108 cm³/mol. The zero-order valence-electron chi connectivity index (χ0n) is 15.5. The summed E-state index contributed by atoms with van der Waals surface area (Å²) in [5.41, 5.74) is 1.13. The number of hydrogen-bond acceptors (Lipinski definition) is 5. The van der Waals surface area contributed by atoms with Gasteiger partial charge in [-0.3, -0.25) is 9.59 Å². The number of carbonyl (C=O) groups excluding carboxylic acids is 1. The van der Waals surface area contributed by atoms with Crippen LogP contribution in [0.25, 0.3) is 0 Å². The molecule has 1 amide bonds. The van der Waals surface area contributed by atoms with E-state index in [1.54, 1.807) is 17.7 Å². The van der Waals surface area contributed by atoms with Crippen LogP contribution < -0.4 is 15.6 Å². The number of hydrogen-bond donors (Lipinski definition) is 1. The summed E-state index contributed by atoms with van der Waals surface area (Å²) in [6.45, 7) is 6.40. The number of thioether (sulfide) groups is 1. The van der Waals surface area contributed by atoms with E-state index < -0.39 is 0 Å². The van der Waals surface area contributed by atoms with E-state index in [9.17, 15) is 9.59 Å². The standard InChI is InChI=1S/C20H23N3O3S/c1-4-10-26-14-8-6-13(7-9-14)15-12-16(24)21-18-17(15)19(25)22-20(23(18)3)27-11-5-2/h5-9,15H,2,4,10-12H2,1,3H3,(H,21,24)/t15-/m1/s1. The molecule has 0 aliphatic carbocycles. The van der Waals surface area contributed by atoms with Gasteiger partial charge in [0.2, 0.25) is 5.91 Å². The molecule has 1 aromatic carbocycles. The summed E-state index contributed by atoms with van der Waals surface area (Å²) in [4.78, 5) is 29.3. The summed E-state index contributed by atoms with van der Waals surface area (Å²) >= 11 is 1.41. The molecule has 6 nitrogen and oxygen atoms in total. The van der Waals surface area contributed by atoms with Crippen molar-refractivity contribution in [2.45, 2.75) is 30.8 Å². The second-order valence-corrected chi connectivity index (χ2v) is 7.33. The molecule has 1 aliphatic rings. The van der Waals surface area contributed by atoms with Crippen LogP contribution in [-0.4, -0.2) is 27.8 Å². The molecule has 0 unspecified atom stereocenters. The number of nitrogens with zero attached hydrogens (tertiary/aromatic N) is 2. The maximum atomic E-state index is 12.8. The fourth-order valence-electron chi connectivity index (χ4n) is 3.10. The lowest BCUT2D eigenvalue weighted by molar-refractivity contribution is -0.116. The summed E-state index contributed by atoms with van der Waals surface area (Å²) in [5, 5.41) is 3.40. The molecule has 1 atom stereocenters. The van der Waals surface area contributed by atoms with Crippen LogP contribution in [0.15, 0.2) is 46.9 Å². The van der Waals surface area contributed by atoms with Gasteiger partial charge in [0, 0.05) is 25.1 Å². The van der Waals surface area contributed by atoms with Gasteiger partial charge in [0.25, 0.3) is 5.56 Å². The van der Waals surface area contributed by atoms with Crippen molar-refractivity contribution in [2.75, 3.05) is 17.7 Å². The van der Waals surface area contributed by atoms with E-state index in [0.29, 0.717) is 28.9 Å². The fraction of sp³-hybridized carbons (Fsp3) is 0.350. The van der Waals surface area contributed by atoms with E-state index in [1.807, 2.05) is 24.3 Å². The Hall–Kier alpha value is -2.54. The Labute approximate surface area is 162 Å². The number of fused-ring (bicyclic) bond motifs is 1. The molecule has 0 spiro atoms. The first-order valence-corrected chi connectivity index (χ1v) is 9.91. The van der Waals surface area contributed by atoms with Crippen LogP contribution >= 0.6 is 11.8 Å². The van der Waals surface area contributed by atoms with Crippen molar-refractivity contribution >= 4 is 23.5 Å². The minimum atomic E-state index is -0.321. The van der Waals surface area contributed by atoms with Crippen molar-refractivity contribution in [3.05, 3.63) is 58.4 Å². The topological polar surface area (TPSA) is 73.2 Å². The maximum Gasteiger partial charge on any atom is 0.279 e. The van der Waals surface area contributed by atoms with Crippen molar-refractivity contribution in [3.8, 4) is 5.75 Å². The Morgan fingerprint density at radius 2 is 2.11 bits per heavy atom. The Kier molecular flexibility index (Phi) is 6.01. The summed E-state index contributed by atoms with van der Waals surface area (Å²) in [7, 11) is 1.81. The zero-order chi connectivity index (χ0) is 19.4. The summed E-state index contributed by atoms with van der Waals surface area (Å²) < 4.78 is 7.39. The van der Waals surface area contributed by atoms with Crippen LogP contribution in [0.3, 0.4) is 0 Å². The summed E-state index contributed by atoms with van der Waals surface area (Å²) in [6, 6.07) is 7.59. The van der Waals surface area contributed by atoms with Crippen molar-refractivity contribution < 1.29 is 9.53 Å². The molecule has 0 radical (unpaired) electrons. The number of anilines is 1. The molecule has 0 bridgehead atoms. The Morgan fingerprint density at radius 3 is 2.78 bits per heavy atom. The molecule has 3 rings (SSSR count). The highest BCUT2D eigenvalue weighted by Crippen LogP contribution is 2.36. The van der Waals surface area contributed by atoms with Crippen LogP contribution in [0.1, 0.15) is 36.8 Å². The number of nitrogens with one attached hydrogen (secondary N) is 1. The highest BCUT2D eigenvalue weighted by molar-refractivity contribution is 7.99. The Balaban J connectivity index is 2.00. The van der Waals surface area contributed by atoms with Crippen LogP contribution in [-0.2, 0) is 11.8 Å². The van der Waals surface area contributed by atoms with E-state index in [1.165, 1.54) is 11.8 Å². The molecule has 27 heavy (non-hydrogen) atoms. The lowest BCUT2D eigenvalue weighted by Gasteiger charge is -2.27. The largest absolute Gasteiger partial charge is 0.494 e. The number of amides is 1. The van der Waals surface area contributed by atoms with Gasteiger partial charge in [-0.2, -0.15) is 4.98 Å². The maximum absolute atomic E-state index is 12.8. The van der Waals surface area contributed by atoms with Crippen LogP contribution in [0.4, 0.5) is 5.82 Å². The van der Waals surface area contributed by atoms with E-state index >= 15 is 0 Å². The molecular weight excluding hydrogens is 362 g/mol. The molecule has 7 heteroatoms. The SMILES string of the molecule is C=CCSc1nc(=O)c2c(n1C)NC(=O)C[C@@H]2c1ccc(OCCC)cc1. The van der Waals surface area contributed by atoms with Crippen molar-refractivity contribution in [2.24, 2.45) is 7.05 Å². The molecule has 2 aromatic rings. The number of aromatic nitrogens is 2. The molecule has 0 fully saturated rings. The Bertz CT molecular complexity index is 906. The molecule has 0 saturated heterocycles. The van der Waals surface area contributed by atoms with Crippen LogP contribution in [0, 0.1) is 0 Å². The van der Waals surface area contributed by atoms with Gasteiger partial charge < -0.3 is 14.6 Å². The first-order valence-electron chi connectivity index (χ1n) is 8.92. The smallest absolute Gasteiger partial charge is 0.279 e. The van der Waals surface area contributed by atoms with Gasteiger partial charge in [-0.05, 0) is 24.1 Å². The molecule has 2 heterocycles. The minimum Gasteiger partial charge on any atom is -0.494 e. The summed E-state index contributed by atoms with van der Waals surface area (Å²) in [5.74, 6) is 1.51. The van der Waals surface area contributed by atoms with Gasteiger partial charge in [-0.15, -0.1) is 6.58 Å². The van der Waals surface area contributed by atoms with E-state index in [-0.39, 0.29) is 23.8 Å². The zero-order valence-corrected chi connectivity index (χ0v) is 16.3. The number of carbonyl (C=O) groups is 1. The number of ether oxygens (including phenoxy) is 1. The van der Waals surface area contributed by atoms with Gasteiger partial charge in [0.15, 0.2) is 5.16 Å². The predicted octanol–water partition coefficient (Wildman–Crippen LogP) is 3.32. The number of benzene rings is 1. The molecule has 1 aromatic heterocycles. The normalized spacial score (nSPS) is 15.8. The van der Waals surface area contributed by atoms with Crippen molar-refractivity contribution in [1.82, 2.24) is 9.55 Å². The van der Waals surface area contributed by atoms with Gasteiger partial charge in [0.1, 0.15) is 11.6 Å². The third-order valence-electron chi connectivity index (χ3n) is 4.39. The second kappa shape index (κ2) is 8.43. The molecule has 0 saturated carbocycles. The van der Waals surface area contributed by atoms with Crippen molar-refractivity contribution in [1.29, 1.82) is 0 Å². The van der Waals surface area contributed by atoms with Gasteiger partial charge in [-0.1, -0.05) is 36.9 Å². The monoisotopic (exact) mass is 385 g/mol. The number of rotatable bonds is 7. The van der Waals surface area contributed by atoms with E-state index in [4.69, 9.17) is 4.74 Å². The molecule has 1 N–H and O–H groups in total. The third-order valence-corrected chi connectivity index (χ3v) is 5.41. The molecular formula is C20H23N3O3S. The highest BCUT2D eigenvalue weighted by atomic mass is 32.2. The first-order chi connectivity index (χ1) is 13.0. The molecule has 142 valence electrons. The fourth-order valence-corrected chi connectivity index (χ4v) is 3.80. The van der Waals surface area contributed by atoms with E-state index in [2.05, 4.69) is 23.8 Å². The average Bonchev–Trinajstić information content (AvgIpc) is 2.67. The van der Waals surface area contributed by atoms with Crippen molar-refractivity contribution in [3.63, 3.8) is 0 Å². The average molecular weight is 385 g/mol. The van der Waals surface area contributed by atoms with Crippen LogP contribution in [0.2, 0.25) is 0 Å². The van der Waals surface area contributed by atoms with E-state index in [0.717, 1.165) is 17.7 Å². The van der Waals surface area contributed by atoms with Gasteiger partial charge >= 0.3 is 0 Å². The lowest BCUT2D eigenvalue weighted by atomic mass is 9.87. The Morgan fingerprint density at radius 1 is 1.37 bits per heavy atom. The van der Waals surface area contributed by atoms with Crippen LogP contribution in [0.5, 0.6) is 5.75 Å². The van der Waals surface area contributed by atoms with Gasteiger partial charge in [0.05, 0.1) is 12.2 Å². The first kappa shape index (κ1) is 19.2. The summed E-state index contributed by atoms with van der Waals surface area (Å²) in [6.07, 6.45) is 2.91. The molecule has 1 aliphatic heterocycles. The lowest BCUT2D eigenvalue weighted by Crippen LogP contribution is -2.33. The van der Waals surface area contributed by atoms with Gasteiger partial charge in [-0.25, -0.2) is 0 Å². The highest BCUT2D eigenvalue weighted by Gasteiger charge is 2.32.